The van der Waals surface area contributed by atoms with E-state index in [1.54, 1.807) is 0 Å². The van der Waals surface area contributed by atoms with Crippen LogP contribution in [0, 0.1) is 0 Å². The zero-order valence-corrected chi connectivity index (χ0v) is 11.4. The second-order valence-corrected chi connectivity index (χ2v) is 3.80. The van der Waals surface area contributed by atoms with E-state index in [0.717, 1.165) is 0 Å². The number of esters is 1. The second-order valence-electron chi connectivity index (χ2n) is 3.80. The summed E-state index contributed by atoms with van der Waals surface area (Å²) in [6, 6.07) is 5.35. The number of aromatic carboxylic acids is 1. The highest BCUT2D eigenvalue weighted by atomic mass is 16.5. The first kappa shape index (κ1) is 17.6. The van der Waals surface area contributed by atoms with Crippen molar-refractivity contribution >= 4 is 17.9 Å². The van der Waals surface area contributed by atoms with Gasteiger partial charge in [-0.2, -0.15) is 0 Å². The highest BCUT2D eigenvalue weighted by Crippen LogP contribution is 2.10. The molecule has 20 heavy (non-hydrogen) atoms. The molecule has 0 spiro atoms. The maximum absolute atomic E-state index is 11.3. The fourth-order valence-corrected chi connectivity index (χ4v) is 1.05. The number of carboxylic acids is 2. The van der Waals surface area contributed by atoms with Crippen LogP contribution in [-0.2, 0) is 9.53 Å². The SMILES string of the molecule is CCCC.O=C([O-])COC(=O)c1ccccc1C(=O)O. The van der Waals surface area contributed by atoms with Gasteiger partial charge in [-0.1, -0.05) is 38.8 Å². The van der Waals surface area contributed by atoms with Crippen LogP contribution in [0.4, 0.5) is 0 Å². The lowest BCUT2D eigenvalue weighted by atomic mass is 10.1. The van der Waals surface area contributed by atoms with Gasteiger partial charge in [-0.05, 0) is 12.1 Å². The number of carbonyl (C=O) groups excluding carboxylic acids is 2. The van der Waals surface area contributed by atoms with Gasteiger partial charge < -0.3 is 19.7 Å². The molecule has 0 aliphatic carbocycles. The molecule has 1 rings (SSSR count). The number of unbranched alkanes of at least 4 members (excludes halogenated alkanes) is 1. The number of hydrogen-bond donors (Lipinski definition) is 1. The topological polar surface area (TPSA) is 104 Å². The van der Waals surface area contributed by atoms with Crippen LogP contribution in [0.1, 0.15) is 47.4 Å². The Morgan fingerprint density at radius 3 is 2.00 bits per heavy atom. The number of ether oxygens (including phenoxy) is 1. The van der Waals surface area contributed by atoms with Crippen LogP contribution in [0.15, 0.2) is 24.3 Å². The molecule has 0 fully saturated rings. The molecule has 1 aromatic carbocycles. The summed E-state index contributed by atoms with van der Waals surface area (Å²) < 4.78 is 4.32. The Kier molecular flexibility index (Phi) is 8.41. The second kappa shape index (κ2) is 9.55. The number of rotatable bonds is 5. The van der Waals surface area contributed by atoms with Crippen LogP contribution in [0.5, 0.6) is 0 Å². The molecular formula is C14H17O6-. The van der Waals surface area contributed by atoms with Gasteiger partial charge in [0.1, 0.15) is 6.61 Å². The van der Waals surface area contributed by atoms with Gasteiger partial charge in [0.25, 0.3) is 0 Å². The summed E-state index contributed by atoms with van der Waals surface area (Å²) in [4.78, 5) is 32.1. The third-order valence-corrected chi connectivity index (χ3v) is 2.20. The van der Waals surface area contributed by atoms with E-state index in [1.807, 2.05) is 0 Å². The third kappa shape index (κ3) is 6.53. The quantitative estimate of drug-likeness (QED) is 0.810. The summed E-state index contributed by atoms with van der Waals surface area (Å²) in [6.07, 6.45) is 2.64. The molecule has 6 heteroatoms. The lowest BCUT2D eigenvalue weighted by molar-refractivity contribution is -0.308. The summed E-state index contributed by atoms with van der Waals surface area (Å²) in [5.74, 6) is -3.86. The van der Waals surface area contributed by atoms with E-state index in [4.69, 9.17) is 5.11 Å². The van der Waals surface area contributed by atoms with Crippen molar-refractivity contribution in [1.82, 2.24) is 0 Å². The smallest absolute Gasteiger partial charge is 0.339 e. The van der Waals surface area contributed by atoms with Crippen LogP contribution in [0.2, 0.25) is 0 Å². The minimum Gasteiger partial charge on any atom is -0.546 e. The molecule has 0 atom stereocenters. The molecule has 0 aliphatic rings. The first-order valence-electron chi connectivity index (χ1n) is 6.13. The molecule has 6 nitrogen and oxygen atoms in total. The van der Waals surface area contributed by atoms with Gasteiger partial charge in [-0.15, -0.1) is 0 Å². The zero-order valence-electron chi connectivity index (χ0n) is 11.4. The van der Waals surface area contributed by atoms with E-state index in [1.165, 1.54) is 37.1 Å². The van der Waals surface area contributed by atoms with Crippen molar-refractivity contribution in [3.63, 3.8) is 0 Å². The molecule has 0 unspecified atom stereocenters. The first-order valence-corrected chi connectivity index (χ1v) is 6.13. The normalized spacial score (nSPS) is 9.10. The summed E-state index contributed by atoms with van der Waals surface area (Å²) in [5, 5.41) is 18.8. The lowest BCUT2D eigenvalue weighted by Crippen LogP contribution is -2.29. The fourth-order valence-electron chi connectivity index (χ4n) is 1.05. The molecule has 1 N–H and O–H groups in total. The van der Waals surface area contributed by atoms with Crippen LogP contribution < -0.4 is 5.11 Å². The Hall–Kier alpha value is -2.37. The minimum absolute atomic E-state index is 0.198. The van der Waals surface area contributed by atoms with E-state index in [9.17, 15) is 19.5 Å². The Balaban J connectivity index is 0.000000796. The van der Waals surface area contributed by atoms with Gasteiger partial charge >= 0.3 is 11.9 Å². The Labute approximate surface area is 117 Å². The van der Waals surface area contributed by atoms with Crippen molar-refractivity contribution in [3.8, 4) is 0 Å². The van der Waals surface area contributed by atoms with Gasteiger partial charge in [0, 0.05) is 0 Å². The molecule has 0 radical (unpaired) electrons. The van der Waals surface area contributed by atoms with Gasteiger partial charge in [-0.25, -0.2) is 9.59 Å². The average Bonchev–Trinajstić information content (AvgIpc) is 2.44. The van der Waals surface area contributed by atoms with E-state index in [0.29, 0.717) is 0 Å². The highest BCUT2D eigenvalue weighted by molar-refractivity contribution is 6.02. The molecule has 0 saturated heterocycles. The number of carbonyl (C=O) groups is 3. The van der Waals surface area contributed by atoms with Crippen LogP contribution >= 0.6 is 0 Å². The first-order chi connectivity index (χ1) is 9.43. The summed E-state index contributed by atoms with van der Waals surface area (Å²) in [6.45, 7) is 3.45. The van der Waals surface area contributed by atoms with Crippen molar-refractivity contribution in [2.75, 3.05) is 6.61 Å². The fraction of sp³-hybridized carbons (Fsp3) is 0.357. The van der Waals surface area contributed by atoms with Gasteiger partial charge in [0.15, 0.2) is 0 Å². The Morgan fingerprint density at radius 2 is 1.60 bits per heavy atom. The monoisotopic (exact) mass is 281 g/mol. The molecule has 1 aromatic rings. The Morgan fingerprint density at radius 1 is 1.10 bits per heavy atom. The molecule has 110 valence electrons. The van der Waals surface area contributed by atoms with Crippen LogP contribution in [0.3, 0.4) is 0 Å². The zero-order chi connectivity index (χ0) is 15.5. The van der Waals surface area contributed by atoms with Crippen molar-refractivity contribution in [1.29, 1.82) is 0 Å². The van der Waals surface area contributed by atoms with Crippen molar-refractivity contribution in [3.05, 3.63) is 35.4 Å². The largest absolute Gasteiger partial charge is 0.546 e. The summed E-state index contributed by atoms with van der Waals surface area (Å²) in [7, 11) is 0. The molecular weight excluding hydrogens is 264 g/mol. The number of carboxylic acid groups (broad SMARTS) is 2. The van der Waals surface area contributed by atoms with Crippen molar-refractivity contribution < 1.29 is 29.3 Å². The van der Waals surface area contributed by atoms with Gasteiger partial charge in [0.05, 0.1) is 17.1 Å². The number of hydrogen-bond acceptors (Lipinski definition) is 5. The molecule has 0 saturated carbocycles. The predicted octanol–water partition coefficient (Wildman–Crippen LogP) is 1.10. The maximum Gasteiger partial charge on any atom is 0.339 e. The molecule has 0 bridgehead atoms. The average molecular weight is 281 g/mol. The lowest BCUT2D eigenvalue weighted by Gasteiger charge is -2.07. The molecule has 0 amide bonds. The van der Waals surface area contributed by atoms with Crippen molar-refractivity contribution in [2.45, 2.75) is 26.7 Å². The standard InChI is InChI=1S/C10H8O6.C4H10/c11-8(12)5-16-10(15)7-4-2-1-3-6(7)9(13)14;1-3-4-2/h1-4H,5H2,(H,11,12)(H,13,14);3-4H2,1-2H3/p-1. The molecule has 0 heterocycles. The predicted molar refractivity (Wildman–Crippen MR) is 69.3 cm³/mol. The minimum atomic E-state index is -1.55. The van der Waals surface area contributed by atoms with E-state index < -0.39 is 24.5 Å². The summed E-state index contributed by atoms with van der Waals surface area (Å²) in [5.41, 5.74) is -0.443. The molecule has 0 aromatic heterocycles. The Bertz CT molecular complexity index is 464. The van der Waals surface area contributed by atoms with E-state index >= 15 is 0 Å². The van der Waals surface area contributed by atoms with E-state index in [-0.39, 0.29) is 11.1 Å². The maximum atomic E-state index is 11.3. The highest BCUT2D eigenvalue weighted by Gasteiger charge is 2.16. The number of aliphatic carboxylic acids is 1. The van der Waals surface area contributed by atoms with Crippen molar-refractivity contribution in [2.24, 2.45) is 0 Å². The summed E-state index contributed by atoms with van der Waals surface area (Å²) >= 11 is 0. The third-order valence-electron chi connectivity index (χ3n) is 2.20. The molecule has 0 aliphatic heterocycles. The van der Waals surface area contributed by atoms with Gasteiger partial charge in [-0.3, -0.25) is 0 Å². The van der Waals surface area contributed by atoms with Crippen LogP contribution in [0.25, 0.3) is 0 Å². The van der Waals surface area contributed by atoms with Crippen LogP contribution in [-0.4, -0.2) is 29.6 Å². The van der Waals surface area contributed by atoms with E-state index in [2.05, 4.69) is 18.6 Å². The number of benzene rings is 1. The van der Waals surface area contributed by atoms with Gasteiger partial charge in [0.2, 0.25) is 0 Å².